The Hall–Kier alpha value is -4.27. The molecule has 8 nitrogen and oxygen atoms in total. The van der Waals surface area contributed by atoms with Gasteiger partial charge in [-0.05, 0) is 56.3 Å². The van der Waals surface area contributed by atoms with Crippen LogP contribution in [0, 0.1) is 12.7 Å². The molecular weight excluding hydrogens is 455 g/mol. The lowest BCUT2D eigenvalue weighted by Crippen LogP contribution is -2.47. The van der Waals surface area contributed by atoms with Crippen LogP contribution in [-0.4, -0.2) is 50.7 Å². The molecule has 1 saturated heterocycles. The van der Waals surface area contributed by atoms with E-state index in [1.807, 2.05) is 30.6 Å². The maximum absolute atomic E-state index is 14.4. The highest BCUT2D eigenvalue weighted by atomic mass is 19.1. The van der Waals surface area contributed by atoms with Gasteiger partial charge in [0.05, 0.1) is 23.4 Å². The van der Waals surface area contributed by atoms with Gasteiger partial charge in [-0.2, -0.15) is 5.10 Å². The number of piperazine rings is 1. The summed E-state index contributed by atoms with van der Waals surface area (Å²) in [4.78, 5) is 18.4. The molecule has 182 valence electrons. The van der Waals surface area contributed by atoms with Crippen LogP contribution in [0.15, 0.2) is 67.4 Å². The van der Waals surface area contributed by atoms with E-state index >= 15 is 0 Å². The Labute approximate surface area is 208 Å². The molecule has 0 aliphatic carbocycles. The highest BCUT2D eigenvalue weighted by Gasteiger charge is 2.24. The van der Waals surface area contributed by atoms with Crippen molar-refractivity contribution in [1.82, 2.24) is 24.6 Å². The number of benzene rings is 1. The summed E-state index contributed by atoms with van der Waals surface area (Å²) in [5.74, 6) is 1.39. The molecule has 0 bridgehead atoms. The molecule has 1 fully saturated rings. The lowest BCUT2D eigenvalue weighted by atomic mass is 10.0. The van der Waals surface area contributed by atoms with E-state index in [4.69, 9.17) is 4.98 Å². The number of anilines is 3. The second-order valence-electron chi connectivity index (χ2n) is 9.14. The van der Waals surface area contributed by atoms with Gasteiger partial charge in [0.15, 0.2) is 5.82 Å². The average molecular weight is 483 g/mol. The molecule has 4 aromatic heterocycles. The average Bonchev–Trinajstić information content (AvgIpc) is 3.41. The third kappa shape index (κ3) is 3.96. The fourth-order valence-electron chi connectivity index (χ4n) is 4.91. The minimum atomic E-state index is -0.238. The van der Waals surface area contributed by atoms with E-state index in [9.17, 15) is 4.39 Å². The van der Waals surface area contributed by atoms with Crippen molar-refractivity contribution in [3.8, 4) is 0 Å². The van der Waals surface area contributed by atoms with Crippen LogP contribution in [0.4, 0.5) is 21.7 Å². The smallest absolute Gasteiger partial charge is 0.154 e. The van der Waals surface area contributed by atoms with E-state index in [0.717, 1.165) is 60.0 Å². The normalized spacial score (nSPS) is 15.0. The summed E-state index contributed by atoms with van der Waals surface area (Å²) in [7, 11) is 0. The summed E-state index contributed by atoms with van der Waals surface area (Å²) >= 11 is 0. The van der Waals surface area contributed by atoms with Crippen molar-refractivity contribution < 1.29 is 4.39 Å². The molecule has 0 unspecified atom stereocenters. The molecule has 1 aliphatic heterocycles. The number of fused-ring (bicyclic) bond motifs is 2. The van der Waals surface area contributed by atoms with E-state index in [1.165, 1.54) is 6.07 Å². The Balaban J connectivity index is 1.36. The van der Waals surface area contributed by atoms with Crippen LogP contribution >= 0.6 is 0 Å². The van der Waals surface area contributed by atoms with Crippen LogP contribution in [0.3, 0.4) is 0 Å². The van der Waals surface area contributed by atoms with E-state index in [1.54, 1.807) is 30.0 Å². The van der Waals surface area contributed by atoms with Crippen LogP contribution in [0.2, 0.25) is 0 Å². The molecule has 5 heterocycles. The topological polar surface area (TPSA) is 74.5 Å². The van der Waals surface area contributed by atoms with Crippen molar-refractivity contribution in [3.05, 3.63) is 84.3 Å². The van der Waals surface area contributed by atoms with Gasteiger partial charge in [-0.1, -0.05) is 0 Å². The van der Waals surface area contributed by atoms with Crippen molar-refractivity contribution in [2.24, 2.45) is 0 Å². The van der Waals surface area contributed by atoms with E-state index in [0.29, 0.717) is 11.1 Å². The second kappa shape index (κ2) is 9.07. The standard InChI is InChI=1S/C27H27FN8/c1-18-23(28)8-7-20-15-22(19(2)32-26-24-6-4-10-36(24)31-17-30-26)27(33-25(18)20)35-13-11-34(12-14-35)21-5-3-9-29-16-21/h3-10,15-17,19H,11-14H2,1-2H3,(H,30,31,32)/t19-/m0/s1. The molecule has 1 aromatic carbocycles. The molecule has 0 radical (unpaired) electrons. The zero-order valence-corrected chi connectivity index (χ0v) is 20.3. The van der Waals surface area contributed by atoms with Crippen molar-refractivity contribution in [3.63, 3.8) is 0 Å². The Morgan fingerprint density at radius 3 is 2.67 bits per heavy atom. The lowest BCUT2D eigenvalue weighted by Gasteiger charge is -2.38. The van der Waals surface area contributed by atoms with Gasteiger partial charge in [0.2, 0.25) is 0 Å². The monoisotopic (exact) mass is 482 g/mol. The maximum Gasteiger partial charge on any atom is 0.154 e. The van der Waals surface area contributed by atoms with Gasteiger partial charge >= 0.3 is 0 Å². The Morgan fingerprint density at radius 2 is 1.86 bits per heavy atom. The van der Waals surface area contributed by atoms with Gasteiger partial charge in [-0.25, -0.2) is 18.9 Å². The first-order valence-electron chi connectivity index (χ1n) is 12.1. The fourth-order valence-corrected chi connectivity index (χ4v) is 4.91. The minimum absolute atomic E-state index is 0.0905. The molecular formula is C27H27FN8. The number of nitrogens with one attached hydrogen (secondary N) is 1. The second-order valence-corrected chi connectivity index (χ2v) is 9.14. The Kier molecular flexibility index (Phi) is 5.59. The summed E-state index contributed by atoms with van der Waals surface area (Å²) in [5, 5.41) is 8.75. The van der Waals surface area contributed by atoms with Gasteiger partial charge in [0, 0.05) is 55.1 Å². The number of rotatable bonds is 5. The van der Waals surface area contributed by atoms with Crippen LogP contribution in [-0.2, 0) is 0 Å². The molecule has 9 heteroatoms. The first-order valence-corrected chi connectivity index (χ1v) is 12.1. The fraction of sp³-hybridized carbons (Fsp3) is 0.259. The maximum atomic E-state index is 14.4. The zero-order valence-electron chi connectivity index (χ0n) is 20.3. The first-order chi connectivity index (χ1) is 17.6. The van der Waals surface area contributed by atoms with E-state index in [2.05, 4.69) is 49.2 Å². The predicted molar refractivity (Wildman–Crippen MR) is 140 cm³/mol. The van der Waals surface area contributed by atoms with Crippen molar-refractivity contribution >= 4 is 33.7 Å². The van der Waals surface area contributed by atoms with Crippen LogP contribution in [0.5, 0.6) is 0 Å². The highest BCUT2D eigenvalue weighted by Crippen LogP contribution is 2.33. The molecule has 5 aromatic rings. The number of hydrogen-bond donors (Lipinski definition) is 1. The number of hydrogen-bond acceptors (Lipinski definition) is 7. The quantitative estimate of drug-likeness (QED) is 0.392. The Morgan fingerprint density at radius 1 is 1.03 bits per heavy atom. The SMILES string of the molecule is Cc1c(F)ccc2cc([C@H](C)Nc3ncnn4cccc34)c(N3CCN(c4cccnc4)CC3)nc12. The van der Waals surface area contributed by atoms with Crippen LogP contribution < -0.4 is 15.1 Å². The summed E-state index contributed by atoms with van der Waals surface area (Å²) in [6.07, 6.45) is 7.14. The van der Waals surface area contributed by atoms with Crippen molar-refractivity contribution in [2.45, 2.75) is 19.9 Å². The zero-order chi connectivity index (χ0) is 24.6. The minimum Gasteiger partial charge on any atom is -0.367 e. The Bertz CT molecular complexity index is 1530. The van der Waals surface area contributed by atoms with Gasteiger partial charge in [-0.3, -0.25) is 4.98 Å². The molecule has 1 aliphatic rings. The third-order valence-corrected chi connectivity index (χ3v) is 6.93. The summed E-state index contributed by atoms with van der Waals surface area (Å²) in [6, 6.07) is 13.3. The van der Waals surface area contributed by atoms with Gasteiger partial charge in [-0.15, -0.1) is 0 Å². The van der Waals surface area contributed by atoms with Crippen molar-refractivity contribution in [1.29, 1.82) is 0 Å². The van der Waals surface area contributed by atoms with Crippen LogP contribution in [0.1, 0.15) is 24.1 Å². The van der Waals surface area contributed by atoms with E-state index < -0.39 is 0 Å². The first kappa shape index (κ1) is 22.2. The van der Waals surface area contributed by atoms with Crippen molar-refractivity contribution in [2.75, 3.05) is 41.3 Å². The molecule has 0 spiro atoms. The molecule has 0 amide bonds. The largest absolute Gasteiger partial charge is 0.367 e. The third-order valence-electron chi connectivity index (χ3n) is 6.93. The number of halogens is 1. The number of nitrogens with zero attached hydrogens (tertiary/aromatic N) is 7. The van der Waals surface area contributed by atoms with Crippen LogP contribution in [0.25, 0.3) is 16.4 Å². The van der Waals surface area contributed by atoms with E-state index in [-0.39, 0.29) is 11.9 Å². The highest BCUT2D eigenvalue weighted by molar-refractivity contribution is 5.85. The molecule has 36 heavy (non-hydrogen) atoms. The molecule has 6 rings (SSSR count). The summed E-state index contributed by atoms with van der Waals surface area (Å²) in [5.41, 5.74) is 4.35. The van der Waals surface area contributed by atoms with Gasteiger partial charge in [0.1, 0.15) is 23.5 Å². The van der Waals surface area contributed by atoms with Gasteiger partial charge in [0.25, 0.3) is 0 Å². The molecule has 1 N–H and O–H groups in total. The number of pyridine rings is 2. The van der Waals surface area contributed by atoms with Gasteiger partial charge < -0.3 is 15.1 Å². The molecule has 0 saturated carbocycles. The number of aromatic nitrogens is 5. The summed E-state index contributed by atoms with van der Waals surface area (Å²) < 4.78 is 16.2. The predicted octanol–water partition coefficient (Wildman–Crippen LogP) is 4.62. The number of aryl methyl sites for hydroxylation is 1. The summed E-state index contributed by atoms with van der Waals surface area (Å²) in [6.45, 7) is 7.21. The molecule has 1 atom stereocenters. The lowest BCUT2D eigenvalue weighted by molar-refractivity contribution is 0.620.